The van der Waals surface area contributed by atoms with E-state index in [-0.39, 0.29) is 18.0 Å². The number of hydrogen-bond donors (Lipinski definition) is 2. The van der Waals surface area contributed by atoms with Gasteiger partial charge in [-0.2, -0.15) is 0 Å². The summed E-state index contributed by atoms with van der Waals surface area (Å²) in [7, 11) is 0. The van der Waals surface area contributed by atoms with Crippen molar-refractivity contribution in [2.45, 2.75) is 6.42 Å². The average molecular weight is 356 g/mol. The lowest BCUT2D eigenvalue weighted by Crippen LogP contribution is -2.42. The van der Waals surface area contributed by atoms with Gasteiger partial charge in [0.05, 0.1) is 6.42 Å². The van der Waals surface area contributed by atoms with E-state index in [0.717, 1.165) is 11.1 Å². The van der Waals surface area contributed by atoms with Crippen molar-refractivity contribution >= 4 is 23.4 Å². The minimum Gasteiger partial charge on any atom is -0.355 e. The highest BCUT2D eigenvalue weighted by Crippen LogP contribution is 2.19. The monoisotopic (exact) mass is 355 g/mol. The number of amides is 2. The van der Waals surface area contributed by atoms with Gasteiger partial charge in [-0.05, 0) is 17.7 Å². The highest BCUT2D eigenvalue weighted by atomic mass is 35.5. The largest absolute Gasteiger partial charge is 0.355 e. The van der Waals surface area contributed by atoms with Gasteiger partial charge in [-0.1, -0.05) is 59.2 Å². The van der Waals surface area contributed by atoms with Crippen molar-refractivity contribution in [3.8, 4) is 11.3 Å². The molecular formula is C18H14ClN3O3. The van der Waals surface area contributed by atoms with Crippen molar-refractivity contribution in [2.75, 3.05) is 0 Å². The number of hydrazine groups is 1. The van der Waals surface area contributed by atoms with Crippen molar-refractivity contribution in [3.05, 3.63) is 76.9 Å². The molecule has 0 unspecified atom stereocenters. The highest BCUT2D eigenvalue weighted by molar-refractivity contribution is 6.30. The predicted octanol–water partition coefficient (Wildman–Crippen LogP) is 3.00. The molecular weight excluding hydrogens is 342 g/mol. The van der Waals surface area contributed by atoms with Gasteiger partial charge in [0.2, 0.25) is 5.91 Å². The van der Waals surface area contributed by atoms with Gasteiger partial charge in [-0.15, -0.1) is 0 Å². The summed E-state index contributed by atoms with van der Waals surface area (Å²) in [5.74, 6) is -0.448. The van der Waals surface area contributed by atoms with Crippen LogP contribution >= 0.6 is 11.6 Å². The van der Waals surface area contributed by atoms with Gasteiger partial charge in [0.25, 0.3) is 5.91 Å². The number of hydrogen-bond acceptors (Lipinski definition) is 4. The molecule has 2 N–H and O–H groups in total. The van der Waals surface area contributed by atoms with Crippen molar-refractivity contribution in [1.29, 1.82) is 0 Å². The number of benzene rings is 2. The highest BCUT2D eigenvalue weighted by Gasteiger charge is 2.14. The van der Waals surface area contributed by atoms with Crippen LogP contribution in [0.4, 0.5) is 0 Å². The summed E-state index contributed by atoms with van der Waals surface area (Å²) in [6.45, 7) is 0. The van der Waals surface area contributed by atoms with E-state index in [0.29, 0.717) is 10.8 Å². The minimum absolute atomic E-state index is 0.0747. The first-order valence-corrected chi connectivity index (χ1v) is 7.85. The molecule has 0 atom stereocenters. The Kier molecular flexibility index (Phi) is 5.11. The first kappa shape index (κ1) is 16.7. The Morgan fingerprint density at radius 1 is 1.00 bits per heavy atom. The zero-order valence-electron chi connectivity index (χ0n) is 13.0. The van der Waals surface area contributed by atoms with Gasteiger partial charge < -0.3 is 4.52 Å². The van der Waals surface area contributed by atoms with Gasteiger partial charge in [-0.3, -0.25) is 20.4 Å². The number of halogens is 1. The lowest BCUT2D eigenvalue weighted by atomic mass is 10.1. The number of nitrogens with zero attached hydrogens (tertiary/aromatic N) is 1. The average Bonchev–Trinajstić information content (AvgIpc) is 3.13. The summed E-state index contributed by atoms with van der Waals surface area (Å²) in [5.41, 5.74) is 6.31. The number of aromatic nitrogens is 1. The van der Waals surface area contributed by atoms with Crippen LogP contribution in [0, 0.1) is 0 Å². The quantitative estimate of drug-likeness (QED) is 0.705. The molecule has 6 nitrogen and oxygen atoms in total. The number of nitrogens with one attached hydrogen (secondary N) is 2. The molecule has 0 spiro atoms. The molecule has 126 valence electrons. The molecule has 0 aliphatic heterocycles. The van der Waals surface area contributed by atoms with Crippen LogP contribution in [0.3, 0.4) is 0 Å². The van der Waals surface area contributed by atoms with Crippen molar-refractivity contribution in [3.63, 3.8) is 0 Å². The summed E-state index contributed by atoms with van der Waals surface area (Å²) in [6, 6.07) is 17.7. The van der Waals surface area contributed by atoms with Crippen LogP contribution in [0.5, 0.6) is 0 Å². The maximum atomic E-state index is 12.0. The predicted molar refractivity (Wildman–Crippen MR) is 92.7 cm³/mol. The normalized spacial score (nSPS) is 10.3. The second-order valence-corrected chi connectivity index (χ2v) is 5.68. The molecule has 0 fully saturated rings. The molecule has 2 amide bonds. The van der Waals surface area contributed by atoms with Gasteiger partial charge in [0.15, 0.2) is 11.5 Å². The molecule has 0 bridgehead atoms. The van der Waals surface area contributed by atoms with Crippen LogP contribution < -0.4 is 10.9 Å². The van der Waals surface area contributed by atoms with Crippen LogP contribution in [0.1, 0.15) is 16.1 Å². The van der Waals surface area contributed by atoms with E-state index in [1.54, 1.807) is 24.3 Å². The maximum absolute atomic E-state index is 12.0. The fourth-order valence-corrected chi connectivity index (χ4v) is 2.27. The minimum atomic E-state index is -0.560. The molecule has 1 aromatic heterocycles. The Bertz CT molecular complexity index is 876. The zero-order chi connectivity index (χ0) is 17.6. The molecule has 3 aromatic rings. The maximum Gasteiger partial charge on any atom is 0.291 e. The van der Waals surface area contributed by atoms with Crippen LogP contribution in [-0.2, 0) is 11.2 Å². The van der Waals surface area contributed by atoms with Crippen LogP contribution in [-0.4, -0.2) is 17.0 Å². The summed E-state index contributed by atoms with van der Waals surface area (Å²) in [4.78, 5) is 23.9. The van der Waals surface area contributed by atoms with Crippen molar-refractivity contribution in [2.24, 2.45) is 0 Å². The van der Waals surface area contributed by atoms with E-state index < -0.39 is 5.91 Å². The van der Waals surface area contributed by atoms with Gasteiger partial charge >= 0.3 is 0 Å². The van der Waals surface area contributed by atoms with Crippen molar-refractivity contribution in [1.82, 2.24) is 16.0 Å². The molecule has 0 radical (unpaired) electrons. The molecule has 7 heteroatoms. The van der Waals surface area contributed by atoms with E-state index in [1.807, 2.05) is 30.3 Å². The van der Waals surface area contributed by atoms with Crippen LogP contribution in [0.15, 0.2) is 65.2 Å². The third-order valence-corrected chi connectivity index (χ3v) is 3.65. The van der Waals surface area contributed by atoms with Crippen molar-refractivity contribution < 1.29 is 14.1 Å². The topological polar surface area (TPSA) is 84.2 Å². The Morgan fingerprint density at radius 3 is 2.44 bits per heavy atom. The van der Waals surface area contributed by atoms with Crippen LogP contribution in [0.2, 0.25) is 5.02 Å². The van der Waals surface area contributed by atoms with E-state index in [4.69, 9.17) is 16.1 Å². The second-order valence-electron chi connectivity index (χ2n) is 5.25. The second kappa shape index (κ2) is 7.63. The first-order valence-electron chi connectivity index (χ1n) is 7.47. The Morgan fingerprint density at radius 2 is 1.72 bits per heavy atom. The lowest BCUT2D eigenvalue weighted by Gasteiger charge is -2.05. The smallest absolute Gasteiger partial charge is 0.291 e. The third-order valence-electron chi connectivity index (χ3n) is 3.39. The fourth-order valence-electron chi connectivity index (χ4n) is 2.14. The molecule has 3 rings (SSSR count). The van der Waals surface area contributed by atoms with Gasteiger partial charge in [0, 0.05) is 16.7 Å². The summed E-state index contributed by atoms with van der Waals surface area (Å²) >= 11 is 5.79. The SMILES string of the molecule is O=C(Cc1ccc(Cl)cc1)NNC(=O)c1cc(-c2ccccc2)on1. The van der Waals surface area contributed by atoms with Gasteiger partial charge in [0.1, 0.15) is 0 Å². The Balaban J connectivity index is 1.55. The first-order chi connectivity index (χ1) is 12.1. The molecule has 0 saturated heterocycles. The standard InChI is InChI=1S/C18H14ClN3O3/c19-14-8-6-12(7-9-14)10-17(23)20-21-18(24)15-11-16(25-22-15)13-4-2-1-3-5-13/h1-9,11H,10H2,(H,20,23)(H,21,24). The molecule has 0 aliphatic carbocycles. The summed E-state index contributed by atoms with van der Waals surface area (Å²) < 4.78 is 5.15. The van der Waals surface area contributed by atoms with E-state index in [9.17, 15) is 9.59 Å². The third kappa shape index (κ3) is 4.45. The molecule has 0 aliphatic rings. The number of rotatable bonds is 4. The fraction of sp³-hybridized carbons (Fsp3) is 0.0556. The molecule has 1 heterocycles. The summed E-state index contributed by atoms with van der Waals surface area (Å²) in [5, 5.41) is 4.31. The lowest BCUT2D eigenvalue weighted by molar-refractivity contribution is -0.121. The Labute approximate surface area is 148 Å². The Hall–Kier alpha value is -3.12. The zero-order valence-corrected chi connectivity index (χ0v) is 13.8. The van der Waals surface area contributed by atoms with E-state index in [1.165, 1.54) is 6.07 Å². The van der Waals surface area contributed by atoms with Crippen LogP contribution in [0.25, 0.3) is 11.3 Å². The number of carbonyl (C=O) groups excluding carboxylic acids is 2. The van der Waals surface area contributed by atoms with E-state index >= 15 is 0 Å². The van der Waals surface area contributed by atoms with Gasteiger partial charge in [-0.25, -0.2) is 0 Å². The molecule has 2 aromatic carbocycles. The number of carbonyl (C=O) groups is 2. The summed E-state index contributed by atoms with van der Waals surface area (Å²) in [6.07, 6.45) is 0.117. The van der Waals surface area contributed by atoms with E-state index in [2.05, 4.69) is 16.0 Å². The molecule has 0 saturated carbocycles. The molecule has 25 heavy (non-hydrogen) atoms.